The SMILES string of the molecule is Oc1ccc(CNC2CCN(C3CC3)C2)cc1F. The van der Waals surface area contributed by atoms with Gasteiger partial charge in [-0.15, -0.1) is 0 Å². The minimum atomic E-state index is -0.541. The van der Waals surface area contributed by atoms with Crippen LogP contribution >= 0.6 is 0 Å². The van der Waals surface area contributed by atoms with Gasteiger partial charge in [-0.3, -0.25) is 4.90 Å². The third-order valence-corrected chi connectivity index (χ3v) is 3.89. The van der Waals surface area contributed by atoms with Crippen molar-refractivity contribution in [2.75, 3.05) is 13.1 Å². The van der Waals surface area contributed by atoms with E-state index in [1.54, 1.807) is 6.07 Å². The third kappa shape index (κ3) is 2.65. The van der Waals surface area contributed by atoms with Gasteiger partial charge in [0.15, 0.2) is 11.6 Å². The second-order valence-electron chi connectivity index (χ2n) is 5.38. The first-order valence-electron chi connectivity index (χ1n) is 6.67. The molecule has 1 saturated carbocycles. The van der Waals surface area contributed by atoms with E-state index in [0.717, 1.165) is 18.2 Å². The molecule has 0 bridgehead atoms. The summed E-state index contributed by atoms with van der Waals surface area (Å²) in [6, 6.07) is 5.93. The van der Waals surface area contributed by atoms with Gasteiger partial charge in [0, 0.05) is 31.7 Å². The number of likely N-dealkylation sites (tertiary alicyclic amines) is 1. The van der Waals surface area contributed by atoms with E-state index >= 15 is 0 Å². The molecule has 0 spiro atoms. The molecule has 1 unspecified atom stereocenters. The molecule has 0 radical (unpaired) electrons. The topological polar surface area (TPSA) is 35.5 Å². The molecule has 1 heterocycles. The maximum atomic E-state index is 13.2. The monoisotopic (exact) mass is 250 g/mol. The highest BCUT2D eigenvalue weighted by Crippen LogP contribution is 2.29. The smallest absolute Gasteiger partial charge is 0.165 e. The van der Waals surface area contributed by atoms with Crippen LogP contribution in [0.15, 0.2) is 18.2 Å². The predicted octanol–water partition coefficient (Wildman–Crippen LogP) is 1.86. The van der Waals surface area contributed by atoms with E-state index in [0.29, 0.717) is 12.6 Å². The van der Waals surface area contributed by atoms with Gasteiger partial charge in [0.25, 0.3) is 0 Å². The minimum Gasteiger partial charge on any atom is -0.505 e. The van der Waals surface area contributed by atoms with Crippen molar-refractivity contribution in [1.82, 2.24) is 10.2 Å². The van der Waals surface area contributed by atoms with E-state index in [4.69, 9.17) is 5.11 Å². The number of hydrogen-bond donors (Lipinski definition) is 2. The second kappa shape index (κ2) is 4.86. The zero-order chi connectivity index (χ0) is 12.5. The Morgan fingerprint density at radius 2 is 2.17 bits per heavy atom. The number of benzene rings is 1. The van der Waals surface area contributed by atoms with Crippen molar-refractivity contribution in [1.29, 1.82) is 0 Å². The summed E-state index contributed by atoms with van der Waals surface area (Å²) in [5.41, 5.74) is 0.884. The standard InChI is InChI=1S/C14H19FN2O/c15-13-7-10(1-4-14(13)18)8-16-11-5-6-17(9-11)12-2-3-12/h1,4,7,11-12,16,18H,2-3,5-6,8-9H2. The summed E-state index contributed by atoms with van der Waals surface area (Å²) in [6.07, 6.45) is 3.89. The normalized spacial score (nSPS) is 24.6. The second-order valence-corrected chi connectivity index (χ2v) is 5.38. The third-order valence-electron chi connectivity index (χ3n) is 3.89. The van der Waals surface area contributed by atoms with Gasteiger partial charge in [0.1, 0.15) is 0 Å². The maximum absolute atomic E-state index is 13.2. The molecule has 3 nitrogen and oxygen atoms in total. The summed E-state index contributed by atoms with van der Waals surface area (Å²) in [4.78, 5) is 2.55. The average Bonchev–Trinajstić information content (AvgIpc) is 3.11. The van der Waals surface area contributed by atoms with E-state index in [2.05, 4.69) is 10.2 Å². The quantitative estimate of drug-likeness (QED) is 0.856. The Kier molecular flexibility index (Phi) is 3.22. The fourth-order valence-electron chi connectivity index (χ4n) is 2.65. The molecule has 3 rings (SSSR count). The molecular weight excluding hydrogens is 231 g/mol. The van der Waals surface area contributed by atoms with Crippen LogP contribution in [-0.4, -0.2) is 35.2 Å². The number of nitrogens with one attached hydrogen (secondary N) is 1. The van der Waals surface area contributed by atoms with E-state index in [9.17, 15) is 4.39 Å². The first-order valence-corrected chi connectivity index (χ1v) is 6.67. The Labute approximate surface area is 107 Å². The summed E-state index contributed by atoms with van der Waals surface area (Å²) in [5.74, 6) is -0.820. The van der Waals surface area contributed by atoms with E-state index < -0.39 is 5.82 Å². The Hall–Kier alpha value is -1.13. The number of nitrogens with zero attached hydrogens (tertiary/aromatic N) is 1. The lowest BCUT2D eigenvalue weighted by molar-refractivity contribution is 0.317. The lowest BCUT2D eigenvalue weighted by Crippen LogP contribution is -2.32. The molecule has 0 amide bonds. The highest BCUT2D eigenvalue weighted by molar-refractivity contribution is 5.27. The Morgan fingerprint density at radius 1 is 1.33 bits per heavy atom. The first-order chi connectivity index (χ1) is 8.72. The van der Waals surface area contributed by atoms with Crippen molar-refractivity contribution < 1.29 is 9.50 Å². The largest absolute Gasteiger partial charge is 0.505 e. The van der Waals surface area contributed by atoms with Gasteiger partial charge < -0.3 is 10.4 Å². The van der Waals surface area contributed by atoms with Gasteiger partial charge >= 0.3 is 0 Å². The summed E-state index contributed by atoms with van der Waals surface area (Å²) in [6.45, 7) is 2.97. The average molecular weight is 250 g/mol. The molecule has 0 aromatic heterocycles. The van der Waals surface area contributed by atoms with Crippen LogP contribution in [0.3, 0.4) is 0 Å². The summed E-state index contributed by atoms with van der Waals surface area (Å²) in [7, 11) is 0. The van der Waals surface area contributed by atoms with Gasteiger partial charge in [-0.05, 0) is 37.0 Å². The Morgan fingerprint density at radius 3 is 2.89 bits per heavy atom. The molecule has 1 aliphatic carbocycles. The van der Waals surface area contributed by atoms with Crippen LogP contribution in [-0.2, 0) is 6.54 Å². The molecule has 1 aromatic carbocycles. The number of aromatic hydroxyl groups is 1. The molecule has 4 heteroatoms. The number of rotatable bonds is 4. The van der Waals surface area contributed by atoms with Crippen LogP contribution in [0.5, 0.6) is 5.75 Å². The maximum Gasteiger partial charge on any atom is 0.165 e. The van der Waals surface area contributed by atoms with Crippen molar-refractivity contribution in [3.05, 3.63) is 29.6 Å². The van der Waals surface area contributed by atoms with Crippen LogP contribution in [0.2, 0.25) is 0 Å². The molecule has 1 aliphatic heterocycles. The molecule has 2 fully saturated rings. The van der Waals surface area contributed by atoms with E-state index in [1.807, 2.05) is 0 Å². The van der Waals surface area contributed by atoms with Gasteiger partial charge in [-0.1, -0.05) is 6.07 Å². The number of halogens is 1. The molecule has 1 atom stereocenters. The van der Waals surface area contributed by atoms with Crippen molar-refractivity contribution >= 4 is 0 Å². The van der Waals surface area contributed by atoms with Crippen molar-refractivity contribution in [2.45, 2.75) is 37.9 Å². The first kappa shape index (κ1) is 11.9. The molecule has 98 valence electrons. The molecule has 1 saturated heterocycles. The summed E-state index contributed by atoms with van der Waals surface area (Å²) >= 11 is 0. The summed E-state index contributed by atoms with van der Waals surface area (Å²) < 4.78 is 13.2. The number of hydrogen-bond acceptors (Lipinski definition) is 3. The lowest BCUT2D eigenvalue weighted by Gasteiger charge is -2.15. The highest BCUT2D eigenvalue weighted by Gasteiger charge is 2.33. The molecule has 1 aromatic rings. The van der Waals surface area contributed by atoms with Crippen LogP contribution in [0.25, 0.3) is 0 Å². The van der Waals surface area contributed by atoms with Gasteiger partial charge in [-0.2, -0.15) is 0 Å². The van der Waals surface area contributed by atoms with Crippen LogP contribution < -0.4 is 5.32 Å². The number of phenols is 1. The zero-order valence-electron chi connectivity index (χ0n) is 10.4. The fourth-order valence-corrected chi connectivity index (χ4v) is 2.65. The van der Waals surface area contributed by atoms with Crippen LogP contribution in [0.1, 0.15) is 24.8 Å². The molecule has 2 aliphatic rings. The predicted molar refractivity (Wildman–Crippen MR) is 67.9 cm³/mol. The zero-order valence-corrected chi connectivity index (χ0v) is 10.4. The van der Waals surface area contributed by atoms with Crippen molar-refractivity contribution in [2.24, 2.45) is 0 Å². The molecule has 18 heavy (non-hydrogen) atoms. The fraction of sp³-hybridized carbons (Fsp3) is 0.571. The van der Waals surface area contributed by atoms with Crippen LogP contribution in [0, 0.1) is 5.82 Å². The molecular formula is C14H19FN2O. The minimum absolute atomic E-state index is 0.278. The van der Waals surface area contributed by atoms with E-state index in [1.165, 1.54) is 37.9 Å². The van der Waals surface area contributed by atoms with Gasteiger partial charge in [-0.25, -0.2) is 4.39 Å². The molecule has 2 N–H and O–H groups in total. The van der Waals surface area contributed by atoms with Crippen molar-refractivity contribution in [3.63, 3.8) is 0 Å². The van der Waals surface area contributed by atoms with E-state index in [-0.39, 0.29) is 5.75 Å². The Balaban J connectivity index is 1.50. The highest BCUT2D eigenvalue weighted by atomic mass is 19.1. The number of phenolic OH excluding ortho intramolecular Hbond substituents is 1. The Bertz CT molecular complexity index is 434. The van der Waals surface area contributed by atoms with Crippen molar-refractivity contribution in [3.8, 4) is 5.75 Å². The van der Waals surface area contributed by atoms with Gasteiger partial charge in [0.2, 0.25) is 0 Å². The summed E-state index contributed by atoms with van der Waals surface area (Å²) in [5, 5.41) is 12.6. The van der Waals surface area contributed by atoms with Gasteiger partial charge in [0.05, 0.1) is 0 Å². The van der Waals surface area contributed by atoms with Crippen LogP contribution in [0.4, 0.5) is 4.39 Å². The lowest BCUT2D eigenvalue weighted by atomic mass is 10.2.